The number of hydrogen-bond acceptors (Lipinski definition) is 2. The van der Waals surface area contributed by atoms with Gasteiger partial charge in [0, 0.05) is 5.41 Å². The minimum absolute atomic E-state index is 0.251. The maximum absolute atomic E-state index is 11.9. The molecule has 0 radical (unpaired) electrons. The van der Waals surface area contributed by atoms with E-state index >= 15 is 0 Å². The van der Waals surface area contributed by atoms with Crippen molar-refractivity contribution in [2.24, 2.45) is 5.41 Å². The molecule has 18 heavy (non-hydrogen) atoms. The Kier molecular flexibility index (Phi) is 7.49. The lowest BCUT2D eigenvalue weighted by Crippen LogP contribution is -2.29. The molecule has 0 aliphatic rings. The first-order valence-corrected chi connectivity index (χ1v) is 6.73. The zero-order chi connectivity index (χ0) is 14.2. The SMILES string of the molecule is CCC(CC)(C(C)=O)C(C)=CCC/C(C)=C/C=O. The van der Waals surface area contributed by atoms with Gasteiger partial charge in [-0.25, -0.2) is 0 Å². The van der Waals surface area contributed by atoms with Crippen LogP contribution >= 0.6 is 0 Å². The zero-order valence-corrected chi connectivity index (χ0v) is 12.4. The van der Waals surface area contributed by atoms with Crippen LogP contribution in [0.3, 0.4) is 0 Å². The van der Waals surface area contributed by atoms with E-state index < -0.39 is 0 Å². The van der Waals surface area contributed by atoms with Gasteiger partial charge in [0.1, 0.15) is 12.1 Å². The standard InChI is InChI=1S/C16H26O2/c1-6-16(7-2,15(5)18)14(4)10-8-9-13(3)11-12-17/h10-12H,6-9H2,1-5H3/b13-11+,14-10?. The molecule has 0 aliphatic heterocycles. The van der Waals surface area contributed by atoms with Gasteiger partial charge in [0.2, 0.25) is 0 Å². The second-order valence-corrected chi connectivity index (χ2v) is 4.92. The van der Waals surface area contributed by atoms with Crippen LogP contribution in [0.1, 0.15) is 60.3 Å². The summed E-state index contributed by atoms with van der Waals surface area (Å²) in [6.45, 7) is 9.82. The van der Waals surface area contributed by atoms with Gasteiger partial charge in [-0.05, 0) is 52.5 Å². The predicted molar refractivity (Wildman–Crippen MR) is 76.5 cm³/mol. The summed E-state index contributed by atoms with van der Waals surface area (Å²) in [5.41, 5.74) is 1.96. The molecule has 0 aromatic heterocycles. The number of aldehydes is 1. The molecule has 0 aromatic carbocycles. The van der Waals surface area contributed by atoms with E-state index in [2.05, 4.69) is 19.9 Å². The molecule has 2 heteroatoms. The number of allylic oxidation sites excluding steroid dienone is 4. The van der Waals surface area contributed by atoms with Crippen LogP contribution in [-0.4, -0.2) is 12.1 Å². The molecule has 2 nitrogen and oxygen atoms in total. The van der Waals surface area contributed by atoms with Crippen molar-refractivity contribution in [2.75, 3.05) is 0 Å². The lowest BCUT2D eigenvalue weighted by atomic mass is 9.72. The number of Topliss-reactive ketones (excluding diaryl/α,β-unsaturated/α-hetero) is 1. The summed E-state index contributed by atoms with van der Waals surface area (Å²) in [4.78, 5) is 22.2. The average Bonchev–Trinajstić information content (AvgIpc) is 2.31. The summed E-state index contributed by atoms with van der Waals surface area (Å²) in [6, 6.07) is 0. The highest BCUT2D eigenvalue weighted by Gasteiger charge is 2.32. The fraction of sp³-hybridized carbons (Fsp3) is 0.625. The molecular formula is C16H26O2. The van der Waals surface area contributed by atoms with Gasteiger partial charge >= 0.3 is 0 Å². The van der Waals surface area contributed by atoms with E-state index in [-0.39, 0.29) is 11.2 Å². The summed E-state index contributed by atoms with van der Waals surface area (Å²) >= 11 is 0. The average molecular weight is 250 g/mol. The van der Waals surface area contributed by atoms with Crippen LogP contribution < -0.4 is 0 Å². The van der Waals surface area contributed by atoms with Crippen LogP contribution in [0.25, 0.3) is 0 Å². The third-order valence-electron chi connectivity index (χ3n) is 3.98. The zero-order valence-electron chi connectivity index (χ0n) is 12.4. The predicted octanol–water partition coefficient (Wildman–Crippen LogP) is 4.25. The maximum atomic E-state index is 11.9. The Morgan fingerprint density at radius 2 is 1.67 bits per heavy atom. The topological polar surface area (TPSA) is 34.1 Å². The van der Waals surface area contributed by atoms with Crippen molar-refractivity contribution >= 4 is 12.1 Å². The molecule has 0 fully saturated rings. The molecule has 0 atom stereocenters. The molecule has 0 spiro atoms. The molecule has 0 aromatic rings. The summed E-state index contributed by atoms with van der Waals surface area (Å²) in [7, 11) is 0. The minimum atomic E-state index is -0.289. The van der Waals surface area contributed by atoms with Crippen LogP contribution in [0.4, 0.5) is 0 Å². The van der Waals surface area contributed by atoms with Gasteiger partial charge in [0.05, 0.1) is 0 Å². The van der Waals surface area contributed by atoms with Crippen molar-refractivity contribution in [3.63, 3.8) is 0 Å². The van der Waals surface area contributed by atoms with E-state index in [4.69, 9.17) is 0 Å². The molecule has 0 N–H and O–H groups in total. The first-order chi connectivity index (χ1) is 8.44. The smallest absolute Gasteiger partial charge is 0.142 e. The van der Waals surface area contributed by atoms with E-state index in [1.807, 2.05) is 13.8 Å². The molecule has 0 saturated carbocycles. The highest BCUT2D eigenvalue weighted by atomic mass is 16.1. The Bertz CT molecular complexity index is 344. The lowest BCUT2D eigenvalue weighted by Gasteiger charge is -2.30. The van der Waals surface area contributed by atoms with E-state index in [0.717, 1.165) is 37.5 Å². The largest absolute Gasteiger partial charge is 0.299 e. The molecule has 0 unspecified atom stereocenters. The first-order valence-electron chi connectivity index (χ1n) is 6.73. The quantitative estimate of drug-likeness (QED) is 0.366. The number of hydrogen-bond donors (Lipinski definition) is 0. The molecule has 0 rings (SSSR count). The Labute approximate surface area is 111 Å². The molecule has 0 saturated heterocycles. The molecule has 0 heterocycles. The molecule has 0 bridgehead atoms. The van der Waals surface area contributed by atoms with Crippen molar-refractivity contribution in [1.29, 1.82) is 0 Å². The minimum Gasteiger partial charge on any atom is -0.299 e. The second kappa shape index (κ2) is 8.02. The lowest BCUT2D eigenvalue weighted by molar-refractivity contribution is -0.125. The summed E-state index contributed by atoms with van der Waals surface area (Å²) in [6.07, 6.45) is 8.03. The van der Waals surface area contributed by atoms with Crippen LogP contribution in [0.2, 0.25) is 0 Å². The Morgan fingerprint density at radius 1 is 1.11 bits per heavy atom. The van der Waals surface area contributed by atoms with Gasteiger partial charge < -0.3 is 0 Å². The van der Waals surface area contributed by atoms with Crippen molar-refractivity contribution in [3.05, 3.63) is 23.3 Å². The molecule has 0 amide bonds. The highest BCUT2D eigenvalue weighted by Crippen LogP contribution is 2.36. The third-order valence-corrected chi connectivity index (χ3v) is 3.98. The van der Waals surface area contributed by atoms with Crippen molar-refractivity contribution in [2.45, 2.75) is 60.3 Å². The van der Waals surface area contributed by atoms with Gasteiger partial charge in [-0.2, -0.15) is 0 Å². The first kappa shape index (κ1) is 16.8. The Balaban J connectivity index is 4.79. The van der Waals surface area contributed by atoms with Crippen LogP contribution in [0.15, 0.2) is 23.3 Å². The van der Waals surface area contributed by atoms with Crippen molar-refractivity contribution in [3.8, 4) is 0 Å². The van der Waals surface area contributed by atoms with Gasteiger partial charge in [-0.1, -0.05) is 31.1 Å². The van der Waals surface area contributed by atoms with Gasteiger partial charge in [-0.3, -0.25) is 9.59 Å². The molecule has 102 valence electrons. The van der Waals surface area contributed by atoms with Gasteiger partial charge in [0.25, 0.3) is 0 Å². The van der Waals surface area contributed by atoms with Crippen LogP contribution in [0.5, 0.6) is 0 Å². The number of carbonyl (C=O) groups is 2. The van der Waals surface area contributed by atoms with E-state index in [0.29, 0.717) is 0 Å². The van der Waals surface area contributed by atoms with E-state index in [1.165, 1.54) is 5.57 Å². The van der Waals surface area contributed by atoms with Gasteiger partial charge in [-0.15, -0.1) is 0 Å². The summed E-state index contributed by atoms with van der Waals surface area (Å²) < 4.78 is 0. The van der Waals surface area contributed by atoms with E-state index in [9.17, 15) is 9.59 Å². The van der Waals surface area contributed by atoms with Crippen LogP contribution in [-0.2, 0) is 9.59 Å². The summed E-state index contributed by atoms with van der Waals surface area (Å²) in [5.74, 6) is 0.251. The second-order valence-electron chi connectivity index (χ2n) is 4.92. The monoisotopic (exact) mass is 250 g/mol. The molecule has 0 aliphatic carbocycles. The fourth-order valence-electron chi connectivity index (χ4n) is 2.49. The number of carbonyl (C=O) groups excluding carboxylic acids is 2. The van der Waals surface area contributed by atoms with Crippen molar-refractivity contribution in [1.82, 2.24) is 0 Å². The normalized spacial score (nSPS) is 13.6. The van der Waals surface area contributed by atoms with Gasteiger partial charge in [0.15, 0.2) is 0 Å². The van der Waals surface area contributed by atoms with Crippen LogP contribution in [0, 0.1) is 5.41 Å². The Morgan fingerprint density at radius 3 is 2.06 bits per heavy atom. The van der Waals surface area contributed by atoms with E-state index in [1.54, 1.807) is 13.0 Å². The maximum Gasteiger partial charge on any atom is 0.142 e. The highest BCUT2D eigenvalue weighted by molar-refractivity contribution is 5.85. The number of ketones is 1. The third kappa shape index (κ3) is 4.25. The number of rotatable bonds is 8. The molecular weight excluding hydrogens is 224 g/mol. The fourth-order valence-corrected chi connectivity index (χ4v) is 2.49. The Hall–Kier alpha value is -1.18. The van der Waals surface area contributed by atoms with Crippen molar-refractivity contribution < 1.29 is 9.59 Å². The summed E-state index contributed by atoms with van der Waals surface area (Å²) in [5, 5.41) is 0.